The van der Waals surface area contributed by atoms with E-state index in [9.17, 15) is 4.79 Å². The van der Waals surface area contributed by atoms with E-state index in [4.69, 9.17) is 0 Å². The van der Waals surface area contributed by atoms with Gasteiger partial charge in [0.1, 0.15) is 6.29 Å². The summed E-state index contributed by atoms with van der Waals surface area (Å²) in [6, 6.07) is 0. The van der Waals surface area contributed by atoms with Gasteiger partial charge in [-0.3, -0.25) is 4.79 Å². The highest BCUT2D eigenvalue weighted by Crippen LogP contribution is 2.27. The Hall–Kier alpha value is -1.37. The maximum Gasteiger partial charge on any atom is 0.149 e. The second kappa shape index (κ2) is 2.94. The molecule has 60 valence electrons. The van der Waals surface area contributed by atoms with E-state index >= 15 is 0 Å². The predicted octanol–water partition coefficient (Wildman–Crippen LogP) is 2.04. The Morgan fingerprint density at radius 1 is 1.08 bits per heavy atom. The van der Waals surface area contributed by atoms with Crippen LogP contribution in [-0.2, 0) is 4.79 Å². The first-order valence-corrected chi connectivity index (χ1v) is 4.10. The largest absolute Gasteiger partial charge is 0.298 e. The van der Waals surface area contributed by atoms with E-state index in [2.05, 4.69) is 18.2 Å². The molecule has 0 spiro atoms. The normalized spacial score (nSPS) is 31.2. The SMILES string of the molecule is O=CC1=CC2C=CC=CC2C=C1. The highest BCUT2D eigenvalue weighted by atomic mass is 16.1. The van der Waals surface area contributed by atoms with Gasteiger partial charge in [-0.25, -0.2) is 0 Å². The van der Waals surface area contributed by atoms with Crippen molar-refractivity contribution in [3.8, 4) is 0 Å². The lowest BCUT2D eigenvalue weighted by Gasteiger charge is -2.21. The average molecular weight is 158 g/mol. The minimum atomic E-state index is 0.389. The molecule has 0 saturated heterocycles. The van der Waals surface area contributed by atoms with Gasteiger partial charge in [0.05, 0.1) is 0 Å². The maximum absolute atomic E-state index is 10.5. The van der Waals surface area contributed by atoms with Crippen molar-refractivity contribution in [3.63, 3.8) is 0 Å². The molecule has 0 N–H and O–H groups in total. The van der Waals surface area contributed by atoms with E-state index in [-0.39, 0.29) is 0 Å². The molecule has 0 amide bonds. The van der Waals surface area contributed by atoms with Crippen LogP contribution in [0, 0.1) is 11.8 Å². The van der Waals surface area contributed by atoms with Crippen LogP contribution in [-0.4, -0.2) is 6.29 Å². The van der Waals surface area contributed by atoms with E-state index in [1.54, 1.807) is 0 Å². The van der Waals surface area contributed by atoms with Crippen LogP contribution in [0.5, 0.6) is 0 Å². The highest BCUT2D eigenvalue weighted by Gasteiger charge is 2.16. The van der Waals surface area contributed by atoms with E-state index in [1.165, 1.54) is 0 Å². The standard InChI is InChI=1S/C11H10O/c12-8-9-5-6-10-3-1-2-4-11(10)7-9/h1-8,10-11H. The monoisotopic (exact) mass is 158 g/mol. The van der Waals surface area contributed by atoms with Gasteiger partial charge in [-0.05, 0) is 0 Å². The molecule has 12 heavy (non-hydrogen) atoms. The number of hydrogen-bond donors (Lipinski definition) is 0. The van der Waals surface area contributed by atoms with Gasteiger partial charge in [0.25, 0.3) is 0 Å². The molecule has 1 nitrogen and oxygen atoms in total. The van der Waals surface area contributed by atoms with Crippen molar-refractivity contribution in [1.29, 1.82) is 0 Å². The zero-order valence-electron chi connectivity index (χ0n) is 6.68. The van der Waals surface area contributed by atoms with Crippen molar-refractivity contribution >= 4 is 6.29 Å². The van der Waals surface area contributed by atoms with Crippen LogP contribution in [0.1, 0.15) is 0 Å². The number of fused-ring (bicyclic) bond motifs is 1. The van der Waals surface area contributed by atoms with Crippen LogP contribution in [0.4, 0.5) is 0 Å². The number of allylic oxidation sites excluding steroid dienone is 8. The molecule has 0 radical (unpaired) electrons. The Morgan fingerprint density at radius 3 is 2.58 bits per heavy atom. The smallest absolute Gasteiger partial charge is 0.149 e. The van der Waals surface area contributed by atoms with E-state index < -0.39 is 0 Å². The first-order chi connectivity index (χ1) is 5.90. The summed E-state index contributed by atoms with van der Waals surface area (Å²) < 4.78 is 0. The molecule has 0 heterocycles. The summed E-state index contributed by atoms with van der Waals surface area (Å²) >= 11 is 0. The molecule has 0 bridgehead atoms. The molecular formula is C11H10O. The van der Waals surface area contributed by atoms with Crippen molar-refractivity contribution < 1.29 is 4.79 Å². The van der Waals surface area contributed by atoms with Gasteiger partial charge in [-0.2, -0.15) is 0 Å². The Morgan fingerprint density at radius 2 is 1.83 bits per heavy atom. The molecule has 0 aromatic heterocycles. The quantitative estimate of drug-likeness (QED) is 0.534. The molecular weight excluding hydrogens is 148 g/mol. The van der Waals surface area contributed by atoms with Crippen molar-refractivity contribution in [3.05, 3.63) is 48.1 Å². The van der Waals surface area contributed by atoms with E-state index in [1.807, 2.05) is 24.3 Å². The topological polar surface area (TPSA) is 17.1 Å². The predicted molar refractivity (Wildman–Crippen MR) is 48.5 cm³/mol. The van der Waals surface area contributed by atoms with Crippen LogP contribution in [0.15, 0.2) is 48.1 Å². The van der Waals surface area contributed by atoms with Gasteiger partial charge in [0.15, 0.2) is 0 Å². The Bertz CT molecular complexity index is 305. The van der Waals surface area contributed by atoms with Gasteiger partial charge in [0, 0.05) is 17.4 Å². The summed E-state index contributed by atoms with van der Waals surface area (Å²) in [6.45, 7) is 0. The van der Waals surface area contributed by atoms with Gasteiger partial charge in [-0.1, -0.05) is 42.5 Å². The van der Waals surface area contributed by atoms with Crippen molar-refractivity contribution in [2.24, 2.45) is 11.8 Å². The summed E-state index contributed by atoms with van der Waals surface area (Å²) in [5, 5.41) is 0. The van der Waals surface area contributed by atoms with Gasteiger partial charge in [0.2, 0.25) is 0 Å². The molecule has 2 atom stereocenters. The fourth-order valence-corrected chi connectivity index (χ4v) is 1.58. The molecule has 2 aliphatic rings. The fraction of sp³-hybridized carbons (Fsp3) is 0.182. The fourth-order valence-electron chi connectivity index (χ4n) is 1.58. The van der Waals surface area contributed by atoms with Crippen LogP contribution in [0.3, 0.4) is 0 Å². The third-order valence-electron chi connectivity index (χ3n) is 2.25. The highest BCUT2D eigenvalue weighted by molar-refractivity contribution is 5.78. The van der Waals surface area contributed by atoms with E-state index in [0.29, 0.717) is 11.8 Å². The summed E-state index contributed by atoms with van der Waals surface area (Å²) in [7, 11) is 0. The van der Waals surface area contributed by atoms with Gasteiger partial charge < -0.3 is 0 Å². The third-order valence-corrected chi connectivity index (χ3v) is 2.25. The number of carbonyl (C=O) groups excluding carboxylic acids is 1. The van der Waals surface area contributed by atoms with Crippen LogP contribution in [0.25, 0.3) is 0 Å². The second-order valence-corrected chi connectivity index (χ2v) is 3.07. The summed E-state index contributed by atoms with van der Waals surface area (Å²) in [5.41, 5.74) is 0.788. The minimum Gasteiger partial charge on any atom is -0.298 e. The minimum absolute atomic E-state index is 0.389. The molecule has 0 saturated carbocycles. The molecule has 0 aromatic carbocycles. The number of rotatable bonds is 1. The zero-order valence-corrected chi connectivity index (χ0v) is 6.68. The molecule has 2 unspecified atom stereocenters. The molecule has 0 fully saturated rings. The summed E-state index contributed by atoms with van der Waals surface area (Å²) in [4.78, 5) is 10.5. The lowest BCUT2D eigenvalue weighted by molar-refractivity contribution is -0.104. The number of hydrogen-bond acceptors (Lipinski definition) is 1. The lowest BCUT2D eigenvalue weighted by Crippen LogP contribution is -2.11. The lowest BCUT2D eigenvalue weighted by atomic mass is 9.83. The van der Waals surface area contributed by atoms with Crippen molar-refractivity contribution in [1.82, 2.24) is 0 Å². The van der Waals surface area contributed by atoms with Crippen LogP contribution in [0.2, 0.25) is 0 Å². The van der Waals surface area contributed by atoms with Crippen LogP contribution >= 0.6 is 0 Å². The first kappa shape index (κ1) is 7.29. The summed E-state index contributed by atoms with van der Waals surface area (Å²) in [6.07, 6.45) is 15.2. The van der Waals surface area contributed by atoms with E-state index in [0.717, 1.165) is 11.9 Å². The molecule has 1 heteroatoms. The maximum atomic E-state index is 10.5. The Kier molecular flexibility index (Phi) is 1.78. The third kappa shape index (κ3) is 1.18. The molecule has 2 rings (SSSR count). The number of carbonyl (C=O) groups is 1. The van der Waals surface area contributed by atoms with Crippen molar-refractivity contribution in [2.45, 2.75) is 0 Å². The van der Waals surface area contributed by atoms with Gasteiger partial charge >= 0.3 is 0 Å². The Labute approximate surface area is 71.8 Å². The van der Waals surface area contributed by atoms with Gasteiger partial charge in [-0.15, -0.1) is 0 Å². The zero-order chi connectivity index (χ0) is 8.39. The Balaban J connectivity index is 2.28. The van der Waals surface area contributed by atoms with Crippen molar-refractivity contribution in [2.75, 3.05) is 0 Å². The summed E-state index contributed by atoms with van der Waals surface area (Å²) in [5.74, 6) is 0.846. The molecule has 0 aliphatic heterocycles. The molecule has 0 aromatic rings. The molecule has 2 aliphatic carbocycles. The van der Waals surface area contributed by atoms with Crippen LogP contribution < -0.4 is 0 Å². The first-order valence-electron chi connectivity index (χ1n) is 4.10. The average Bonchev–Trinajstić information content (AvgIpc) is 2.17. The second-order valence-electron chi connectivity index (χ2n) is 3.07. The number of aldehydes is 1.